The number of carboxylic acids is 1. The van der Waals surface area contributed by atoms with Crippen molar-refractivity contribution >= 4 is 18.9 Å². The first-order valence-electron chi connectivity index (χ1n) is 4.75. The molecule has 92 valence electrons. The summed E-state index contributed by atoms with van der Waals surface area (Å²) in [5.41, 5.74) is 0. The minimum atomic E-state index is -0.905. The van der Waals surface area contributed by atoms with Crippen molar-refractivity contribution in [1.82, 2.24) is 4.90 Å². The van der Waals surface area contributed by atoms with Crippen LogP contribution in [0.5, 0.6) is 0 Å². The number of carbonyl (C=O) groups is 3. The molecule has 0 heterocycles. The van der Waals surface area contributed by atoms with Gasteiger partial charge in [-0.3, -0.25) is 19.3 Å². The van der Waals surface area contributed by atoms with Crippen molar-refractivity contribution in [3.05, 3.63) is 0 Å². The van der Waals surface area contributed by atoms with E-state index in [0.717, 1.165) is 0 Å². The molecule has 0 radical (unpaired) electrons. The highest BCUT2D eigenvalue weighted by Crippen LogP contribution is 1.92. The highest BCUT2D eigenvalue weighted by Gasteiger charge is 2.07. The second kappa shape index (κ2) is 9.91. The molecule has 0 unspecified atom stereocenters. The van der Waals surface area contributed by atoms with E-state index in [0.29, 0.717) is 32.6 Å². The van der Waals surface area contributed by atoms with Crippen LogP contribution in [0.15, 0.2) is 0 Å². The minimum absolute atomic E-state index is 0.0117. The van der Waals surface area contributed by atoms with Crippen molar-refractivity contribution in [2.45, 2.75) is 6.42 Å². The van der Waals surface area contributed by atoms with Crippen molar-refractivity contribution in [3.8, 4) is 0 Å². The molecule has 16 heavy (non-hydrogen) atoms. The molecule has 0 aliphatic rings. The van der Waals surface area contributed by atoms with Gasteiger partial charge in [-0.05, 0) is 0 Å². The standard InChI is InChI=1S/C9H15NO6/c11-7-15-5-3-10(2-1-9(13)14)4-6-16-8-12/h7-8H,1-6H2,(H,13,14). The fourth-order valence-corrected chi connectivity index (χ4v) is 1.05. The van der Waals surface area contributed by atoms with Crippen LogP contribution in [0.2, 0.25) is 0 Å². The summed E-state index contributed by atoms with van der Waals surface area (Å²) in [6.45, 7) is 2.17. The highest BCUT2D eigenvalue weighted by molar-refractivity contribution is 5.66. The Kier molecular flexibility index (Phi) is 8.90. The highest BCUT2D eigenvalue weighted by atomic mass is 16.5. The molecule has 7 nitrogen and oxygen atoms in total. The lowest BCUT2D eigenvalue weighted by molar-refractivity contribution is -0.138. The molecule has 0 fully saturated rings. The zero-order chi connectivity index (χ0) is 12.2. The van der Waals surface area contributed by atoms with Gasteiger partial charge in [-0.25, -0.2) is 0 Å². The smallest absolute Gasteiger partial charge is 0.304 e. The second-order valence-corrected chi connectivity index (χ2v) is 2.92. The van der Waals surface area contributed by atoms with Gasteiger partial charge in [0.15, 0.2) is 0 Å². The van der Waals surface area contributed by atoms with Crippen LogP contribution < -0.4 is 0 Å². The van der Waals surface area contributed by atoms with Gasteiger partial charge in [0.1, 0.15) is 13.2 Å². The zero-order valence-electron chi connectivity index (χ0n) is 8.83. The molecule has 0 atom stereocenters. The Morgan fingerprint density at radius 2 is 1.56 bits per heavy atom. The third-order valence-corrected chi connectivity index (χ3v) is 1.83. The molecule has 0 aliphatic heterocycles. The van der Waals surface area contributed by atoms with E-state index in [4.69, 9.17) is 5.11 Å². The van der Waals surface area contributed by atoms with Crippen LogP contribution in [-0.4, -0.2) is 61.8 Å². The average Bonchev–Trinajstić information content (AvgIpc) is 2.25. The van der Waals surface area contributed by atoms with Crippen molar-refractivity contribution in [1.29, 1.82) is 0 Å². The van der Waals surface area contributed by atoms with Gasteiger partial charge < -0.3 is 14.6 Å². The Morgan fingerprint density at radius 1 is 1.06 bits per heavy atom. The van der Waals surface area contributed by atoms with Crippen LogP contribution in [0, 0.1) is 0 Å². The molecular weight excluding hydrogens is 218 g/mol. The third-order valence-electron chi connectivity index (χ3n) is 1.83. The quantitative estimate of drug-likeness (QED) is 0.365. The largest absolute Gasteiger partial charge is 0.481 e. The van der Waals surface area contributed by atoms with Gasteiger partial charge in [0, 0.05) is 19.6 Å². The summed E-state index contributed by atoms with van der Waals surface area (Å²) < 4.78 is 8.99. The first kappa shape index (κ1) is 14.4. The number of aliphatic carboxylic acids is 1. The summed E-state index contributed by atoms with van der Waals surface area (Å²) in [6, 6.07) is 0. The molecule has 0 amide bonds. The maximum Gasteiger partial charge on any atom is 0.304 e. The summed E-state index contributed by atoms with van der Waals surface area (Å²) in [5, 5.41) is 8.50. The van der Waals surface area contributed by atoms with E-state index in [2.05, 4.69) is 9.47 Å². The van der Waals surface area contributed by atoms with Crippen LogP contribution in [0.25, 0.3) is 0 Å². The van der Waals surface area contributed by atoms with Gasteiger partial charge in [-0.2, -0.15) is 0 Å². The lowest BCUT2D eigenvalue weighted by Gasteiger charge is -2.19. The molecule has 0 aromatic rings. The van der Waals surface area contributed by atoms with Gasteiger partial charge >= 0.3 is 5.97 Å². The zero-order valence-corrected chi connectivity index (χ0v) is 8.83. The number of carbonyl (C=O) groups excluding carboxylic acids is 2. The molecule has 0 rings (SSSR count). The molecule has 0 aromatic heterocycles. The Bertz CT molecular complexity index is 206. The van der Waals surface area contributed by atoms with Crippen LogP contribution in [0.3, 0.4) is 0 Å². The third kappa shape index (κ3) is 8.95. The van der Waals surface area contributed by atoms with Gasteiger partial charge in [0.2, 0.25) is 0 Å². The van der Waals surface area contributed by atoms with E-state index in [1.807, 2.05) is 0 Å². The summed E-state index contributed by atoms with van der Waals surface area (Å²) >= 11 is 0. The van der Waals surface area contributed by atoms with Crippen LogP contribution >= 0.6 is 0 Å². The average molecular weight is 233 g/mol. The molecule has 1 N–H and O–H groups in total. The number of rotatable bonds is 11. The van der Waals surface area contributed by atoms with E-state index in [1.165, 1.54) is 0 Å². The lowest BCUT2D eigenvalue weighted by Crippen LogP contribution is -2.33. The summed E-state index contributed by atoms with van der Waals surface area (Å²) in [6.07, 6.45) is -0.0117. The van der Waals surface area contributed by atoms with Crippen LogP contribution in [0.4, 0.5) is 0 Å². The predicted molar refractivity (Wildman–Crippen MR) is 52.7 cm³/mol. The summed E-state index contributed by atoms with van der Waals surface area (Å²) in [4.78, 5) is 31.9. The van der Waals surface area contributed by atoms with Gasteiger partial charge in [-0.15, -0.1) is 0 Å². The van der Waals surface area contributed by atoms with Crippen molar-refractivity contribution in [2.24, 2.45) is 0 Å². The van der Waals surface area contributed by atoms with Crippen molar-refractivity contribution in [2.75, 3.05) is 32.8 Å². The van der Waals surface area contributed by atoms with E-state index in [1.54, 1.807) is 4.90 Å². The van der Waals surface area contributed by atoms with E-state index in [-0.39, 0.29) is 19.6 Å². The molecule has 7 heteroatoms. The second-order valence-electron chi connectivity index (χ2n) is 2.92. The molecule has 0 aromatic carbocycles. The Morgan fingerprint density at radius 3 is 1.94 bits per heavy atom. The number of hydrogen-bond donors (Lipinski definition) is 1. The van der Waals surface area contributed by atoms with Gasteiger partial charge in [-0.1, -0.05) is 0 Å². The number of carboxylic acid groups (broad SMARTS) is 1. The molecular formula is C9H15NO6. The van der Waals surface area contributed by atoms with E-state index in [9.17, 15) is 14.4 Å². The molecule has 0 saturated heterocycles. The Hall–Kier alpha value is -1.63. The van der Waals surface area contributed by atoms with Gasteiger partial charge in [0.05, 0.1) is 6.42 Å². The normalized spacial score (nSPS) is 9.81. The minimum Gasteiger partial charge on any atom is -0.481 e. The van der Waals surface area contributed by atoms with Crippen LogP contribution in [0.1, 0.15) is 6.42 Å². The Balaban J connectivity index is 3.79. The van der Waals surface area contributed by atoms with Crippen molar-refractivity contribution in [3.63, 3.8) is 0 Å². The summed E-state index contributed by atoms with van der Waals surface area (Å²) in [5.74, 6) is -0.905. The number of ether oxygens (including phenoxy) is 2. The van der Waals surface area contributed by atoms with Crippen molar-refractivity contribution < 1.29 is 29.0 Å². The molecule has 0 bridgehead atoms. The van der Waals surface area contributed by atoms with E-state index >= 15 is 0 Å². The summed E-state index contributed by atoms with van der Waals surface area (Å²) in [7, 11) is 0. The number of hydrogen-bond acceptors (Lipinski definition) is 6. The molecule has 0 saturated carbocycles. The lowest BCUT2D eigenvalue weighted by atomic mass is 10.3. The monoisotopic (exact) mass is 233 g/mol. The topological polar surface area (TPSA) is 93.1 Å². The fraction of sp³-hybridized carbons (Fsp3) is 0.667. The maximum absolute atomic E-state index is 10.4. The SMILES string of the molecule is O=COCCN(CCOC=O)CCC(=O)O. The van der Waals surface area contributed by atoms with Gasteiger partial charge in [0.25, 0.3) is 12.9 Å². The predicted octanol–water partition coefficient (Wildman–Crippen LogP) is -0.891. The van der Waals surface area contributed by atoms with Crippen LogP contribution in [-0.2, 0) is 23.9 Å². The maximum atomic E-state index is 10.4. The molecule has 0 spiro atoms. The fourth-order valence-electron chi connectivity index (χ4n) is 1.05. The molecule has 0 aliphatic carbocycles. The van der Waals surface area contributed by atoms with E-state index < -0.39 is 5.97 Å². The first-order valence-corrected chi connectivity index (χ1v) is 4.75. The first-order chi connectivity index (χ1) is 7.70. The number of nitrogens with zero attached hydrogens (tertiary/aromatic N) is 1. The Labute approximate surface area is 92.9 Å².